The number of thiophene rings is 1. The van der Waals surface area contributed by atoms with E-state index in [1.807, 2.05) is 43.5 Å². The third-order valence-corrected chi connectivity index (χ3v) is 7.13. The van der Waals surface area contributed by atoms with Crippen molar-refractivity contribution in [2.75, 3.05) is 26.2 Å². The Labute approximate surface area is 203 Å². The number of ether oxygens (including phenoxy) is 1. The minimum atomic E-state index is -0.431. The van der Waals surface area contributed by atoms with Gasteiger partial charge in [-0.3, -0.25) is 9.59 Å². The molecule has 34 heavy (non-hydrogen) atoms. The van der Waals surface area contributed by atoms with E-state index in [0.29, 0.717) is 18.7 Å². The summed E-state index contributed by atoms with van der Waals surface area (Å²) in [5.41, 5.74) is 2.54. The van der Waals surface area contributed by atoms with Crippen LogP contribution in [0.2, 0.25) is 0 Å². The van der Waals surface area contributed by atoms with Gasteiger partial charge in [0.2, 0.25) is 5.91 Å². The zero-order chi connectivity index (χ0) is 24.1. The highest BCUT2D eigenvalue weighted by Gasteiger charge is 2.33. The average Bonchev–Trinajstić information content (AvgIpc) is 3.32. The number of rotatable bonds is 8. The third-order valence-electron chi connectivity index (χ3n) is 6.13. The molecule has 3 aromatic rings. The van der Waals surface area contributed by atoms with Crippen molar-refractivity contribution in [1.29, 1.82) is 0 Å². The first-order valence-electron chi connectivity index (χ1n) is 11.6. The Morgan fingerprint density at radius 2 is 1.91 bits per heavy atom. The smallest absolute Gasteiger partial charge is 0.254 e. The average molecular weight is 481 g/mol. The molecule has 1 aliphatic rings. The number of hydrogen-bond donors (Lipinski definition) is 0. The lowest BCUT2D eigenvalue weighted by Crippen LogP contribution is -2.48. The number of hydrogen-bond acceptors (Lipinski definition) is 4. The maximum absolute atomic E-state index is 14.1. The lowest BCUT2D eigenvalue weighted by atomic mass is 10.00. The number of carbonyl (C=O) groups excluding carboxylic acids is 2. The van der Waals surface area contributed by atoms with Gasteiger partial charge >= 0.3 is 0 Å². The standard InChI is InChI=1S/C27H29FN2O3S/c1-3-14-29(27(32)20-9-5-4-8-19(20)2)17-26(31)30-15-12-25-21(13-16-34-25)23(30)18-33-24-11-7-6-10-22(24)28/h4-11,13,16,23H,3,12,14-15,17-18H2,1-2H3. The van der Waals surface area contributed by atoms with Crippen LogP contribution in [0, 0.1) is 12.7 Å². The van der Waals surface area contributed by atoms with Crippen molar-refractivity contribution < 1.29 is 18.7 Å². The van der Waals surface area contributed by atoms with Gasteiger partial charge in [-0.05, 0) is 60.5 Å². The van der Waals surface area contributed by atoms with Gasteiger partial charge in [-0.25, -0.2) is 4.39 Å². The topological polar surface area (TPSA) is 49.9 Å². The summed E-state index contributed by atoms with van der Waals surface area (Å²) in [5, 5.41) is 2.01. The summed E-state index contributed by atoms with van der Waals surface area (Å²) in [6, 6.07) is 15.4. The molecule has 2 aromatic carbocycles. The van der Waals surface area contributed by atoms with Gasteiger partial charge in [0.25, 0.3) is 5.91 Å². The summed E-state index contributed by atoms with van der Waals surface area (Å²) in [4.78, 5) is 31.4. The molecule has 0 saturated heterocycles. The first-order valence-corrected chi connectivity index (χ1v) is 12.5. The number of amides is 2. The molecule has 0 spiro atoms. The Kier molecular flexibility index (Phi) is 7.63. The SMILES string of the molecule is CCCN(CC(=O)N1CCc2sccc2C1COc1ccccc1F)C(=O)c1ccccc1C. The summed E-state index contributed by atoms with van der Waals surface area (Å²) < 4.78 is 20.0. The van der Waals surface area contributed by atoms with Crippen molar-refractivity contribution in [2.45, 2.75) is 32.7 Å². The lowest BCUT2D eigenvalue weighted by molar-refractivity contribution is -0.135. The van der Waals surface area contributed by atoms with E-state index in [1.54, 1.807) is 45.4 Å². The van der Waals surface area contributed by atoms with Crippen LogP contribution in [0.25, 0.3) is 0 Å². The fraction of sp³-hybridized carbons (Fsp3) is 0.333. The first kappa shape index (κ1) is 24.0. The molecule has 0 bridgehead atoms. The number of halogens is 1. The summed E-state index contributed by atoms with van der Waals surface area (Å²) in [5.74, 6) is -0.533. The second kappa shape index (κ2) is 10.8. The van der Waals surface area contributed by atoms with Crippen LogP contribution in [-0.2, 0) is 11.2 Å². The monoisotopic (exact) mass is 480 g/mol. The van der Waals surface area contributed by atoms with E-state index in [0.717, 1.165) is 24.0 Å². The predicted molar refractivity (Wildman–Crippen MR) is 132 cm³/mol. The van der Waals surface area contributed by atoms with Gasteiger partial charge < -0.3 is 14.5 Å². The minimum absolute atomic E-state index is 0.00330. The summed E-state index contributed by atoms with van der Waals surface area (Å²) in [6.45, 7) is 5.07. The largest absolute Gasteiger partial charge is 0.488 e. The molecule has 7 heteroatoms. The zero-order valence-corrected chi connectivity index (χ0v) is 20.3. The van der Waals surface area contributed by atoms with Gasteiger partial charge in [0.15, 0.2) is 11.6 Å². The van der Waals surface area contributed by atoms with E-state index in [1.165, 1.54) is 10.9 Å². The normalized spacial score (nSPS) is 15.0. The van der Waals surface area contributed by atoms with Crippen molar-refractivity contribution in [1.82, 2.24) is 9.80 Å². The van der Waals surface area contributed by atoms with Crippen molar-refractivity contribution in [3.05, 3.63) is 87.4 Å². The van der Waals surface area contributed by atoms with Gasteiger partial charge in [0, 0.05) is 23.5 Å². The predicted octanol–water partition coefficient (Wildman–Crippen LogP) is 5.25. The Bertz CT molecular complexity index is 1160. The van der Waals surface area contributed by atoms with E-state index >= 15 is 0 Å². The van der Waals surface area contributed by atoms with Gasteiger partial charge in [-0.2, -0.15) is 0 Å². The molecule has 0 radical (unpaired) electrons. The zero-order valence-electron chi connectivity index (χ0n) is 19.5. The van der Waals surface area contributed by atoms with Crippen molar-refractivity contribution >= 4 is 23.2 Å². The molecule has 5 nitrogen and oxygen atoms in total. The maximum Gasteiger partial charge on any atom is 0.254 e. The molecule has 4 rings (SSSR count). The minimum Gasteiger partial charge on any atom is -0.488 e. The molecule has 178 valence electrons. The second-order valence-corrected chi connectivity index (χ2v) is 9.44. The number of carbonyl (C=O) groups is 2. The summed E-state index contributed by atoms with van der Waals surface area (Å²) in [7, 11) is 0. The first-order chi connectivity index (χ1) is 16.5. The number of benzene rings is 2. The Morgan fingerprint density at radius 1 is 1.15 bits per heavy atom. The van der Waals surface area contributed by atoms with Gasteiger partial charge in [-0.1, -0.05) is 37.3 Å². The molecule has 0 saturated carbocycles. The number of para-hydroxylation sites is 1. The van der Waals surface area contributed by atoms with Gasteiger partial charge in [0.1, 0.15) is 13.2 Å². The molecule has 1 aromatic heterocycles. The number of fused-ring (bicyclic) bond motifs is 1. The fourth-order valence-corrected chi connectivity index (χ4v) is 5.29. The van der Waals surface area contributed by atoms with E-state index in [9.17, 15) is 14.0 Å². The molecule has 0 fully saturated rings. The fourth-order valence-electron chi connectivity index (χ4n) is 4.36. The van der Waals surface area contributed by atoms with Crippen LogP contribution in [0.1, 0.15) is 45.7 Å². The molecule has 2 heterocycles. The van der Waals surface area contributed by atoms with Gasteiger partial charge in [-0.15, -0.1) is 11.3 Å². The molecular weight excluding hydrogens is 451 g/mol. The maximum atomic E-state index is 14.1. The Balaban J connectivity index is 1.54. The quantitative estimate of drug-likeness (QED) is 0.442. The third kappa shape index (κ3) is 5.14. The van der Waals surface area contributed by atoms with Gasteiger partial charge in [0.05, 0.1) is 6.04 Å². The van der Waals surface area contributed by atoms with Crippen LogP contribution >= 0.6 is 11.3 Å². The van der Waals surface area contributed by atoms with E-state index in [2.05, 4.69) is 0 Å². The molecule has 1 atom stereocenters. The summed E-state index contributed by atoms with van der Waals surface area (Å²) >= 11 is 1.66. The molecule has 1 unspecified atom stereocenters. The van der Waals surface area contributed by atoms with Crippen LogP contribution in [-0.4, -0.2) is 47.9 Å². The molecular formula is C27H29FN2O3S. The number of aryl methyl sites for hydroxylation is 1. The van der Waals surface area contributed by atoms with Crippen molar-refractivity contribution in [3.63, 3.8) is 0 Å². The molecule has 2 amide bonds. The van der Waals surface area contributed by atoms with Crippen LogP contribution in [0.15, 0.2) is 60.0 Å². The highest BCUT2D eigenvalue weighted by atomic mass is 32.1. The van der Waals surface area contributed by atoms with E-state index < -0.39 is 5.82 Å². The summed E-state index contributed by atoms with van der Waals surface area (Å²) in [6.07, 6.45) is 1.51. The number of nitrogens with zero attached hydrogens (tertiary/aromatic N) is 2. The van der Waals surface area contributed by atoms with Crippen LogP contribution in [0.5, 0.6) is 5.75 Å². The van der Waals surface area contributed by atoms with Crippen LogP contribution < -0.4 is 4.74 Å². The van der Waals surface area contributed by atoms with E-state index in [4.69, 9.17) is 4.74 Å². The van der Waals surface area contributed by atoms with Crippen molar-refractivity contribution in [2.24, 2.45) is 0 Å². The molecule has 0 aliphatic carbocycles. The highest BCUT2D eigenvalue weighted by molar-refractivity contribution is 7.10. The highest BCUT2D eigenvalue weighted by Crippen LogP contribution is 2.34. The van der Waals surface area contributed by atoms with Crippen molar-refractivity contribution in [3.8, 4) is 5.75 Å². The van der Waals surface area contributed by atoms with E-state index in [-0.39, 0.29) is 36.8 Å². The Hall–Kier alpha value is -3.19. The molecule has 1 aliphatic heterocycles. The second-order valence-electron chi connectivity index (χ2n) is 8.44. The lowest BCUT2D eigenvalue weighted by Gasteiger charge is -2.37. The Morgan fingerprint density at radius 3 is 2.68 bits per heavy atom. The van der Waals surface area contributed by atoms with Crippen LogP contribution in [0.4, 0.5) is 4.39 Å². The van der Waals surface area contributed by atoms with Crippen LogP contribution in [0.3, 0.4) is 0 Å². The molecule has 0 N–H and O–H groups in total.